The van der Waals surface area contributed by atoms with Gasteiger partial charge < -0.3 is 4.74 Å². The van der Waals surface area contributed by atoms with Gasteiger partial charge in [0.05, 0.1) is 17.7 Å². The molecule has 24 heavy (non-hydrogen) atoms. The van der Waals surface area contributed by atoms with Crippen molar-refractivity contribution in [1.82, 2.24) is 14.1 Å². The summed E-state index contributed by atoms with van der Waals surface area (Å²) in [5, 5.41) is 4.45. The first-order chi connectivity index (χ1) is 11.4. The van der Waals surface area contributed by atoms with Crippen molar-refractivity contribution in [2.24, 2.45) is 7.05 Å². The van der Waals surface area contributed by atoms with E-state index in [1.807, 2.05) is 26.2 Å². The lowest BCUT2D eigenvalue weighted by Crippen LogP contribution is -2.38. The van der Waals surface area contributed by atoms with Crippen molar-refractivity contribution >= 4 is 10.0 Å². The molecule has 130 valence electrons. The van der Waals surface area contributed by atoms with Crippen LogP contribution in [0.1, 0.15) is 30.0 Å². The van der Waals surface area contributed by atoms with Gasteiger partial charge >= 0.3 is 0 Å². The van der Waals surface area contributed by atoms with E-state index in [4.69, 9.17) is 4.74 Å². The van der Waals surface area contributed by atoms with E-state index in [-0.39, 0.29) is 0 Å². The third kappa shape index (κ3) is 3.18. The maximum absolute atomic E-state index is 12.9. The Kier molecular flexibility index (Phi) is 4.64. The summed E-state index contributed by atoms with van der Waals surface area (Å²) in [5.41, 5.74) is 1.87. The van der Waals surface area contributed by atoms with Crippen molar-refractivity contribution in [3.63, 3.8) is 0 Å². The third-order valence-electron chi connectivity index (χ3n) is 4.61. The highest BCUT2D eigenvalue weighted by Gasteiger charge is 2.30. The number of aromatic nitrogens is 2. The summed E-state index contributed by atoms with van der Waals surface area (Å²) in [6.45, 7) is 2.90. The molecule has 1 aromatic carbocycles. The van der Waals surface area contributed by atoms with Gasteiger partial charge in [-0.3, -0.25) is 4.68 Å². The molecule has 7 heteroatoms. The van der Waals surface area contributed by atoms with Gasteiger partial charge in [-0.15, -0.1) is 0 Å². The average molecular weight is 349 g/mol. The number of hydrogen-bond donors (Lipinski definition) is 0. The van der Waals surface area contributed by atoms with Crippen LogP contribution in [-0.2, 0) is 17.1 Å². The molecule has 0 saturated carbocycles. The lowest BCUT2D eigenvalue weighted by molar-refractivity contribution is 0.316. The minimum atomic E-state index is -3.46. The van der Waals surface area contributed by atoms with Crippen LogP contribution in [0.3, 0.4) is 0 Å². The van der Waals surface area contributed by atoms with Crippen LogP contribution in [0.15, 0.2) is 35.4 Å². The number of hydrogen-bond acceptors (Lipinski definition) is 4. The summed E-state index contributed by atoms with van der Waals surface area (Å²) in [7, 11) is 0.0224. The summed E-state index contributed by atoms with van der Waals surface area (Å²) in [5.74, 6) is 1.03. The molecule has 0 amide bonds. The van der Waals surface area contributed by atoms with Gasteiger partial charge in [-0.2, -0.15) is 9.40 Å². The largest absolute Gasteiger partial charge is 0.496 e. The Morgan fingerprint density at radius 1 is 1.21 bits per heavy atom. The van der Waals surface area contributed by atoms with Crippen molar-refractivity contribution in [2.75, 3.05) is 20.2 Å². The predicted octanol–water partition coefficient (Wildman–Crippen LogP) is 2.31. The fourth-order valence-electron chi connectivity index (χ4n) is 3.20. The second kappa shape index (κ2) is 6.57. The lowest BCUT2D eigenvalue weighted by atomic mass is 9.95. The number of piperidine rings is 1. The fraction of sp³-hybridized carbons (Fsp3) is 0.471. The van der Waals surface area contributed by atoms with Gasteiger partial charge in [0.2, 0.25) is 10.0 Å². The second-order valence-electron chi connectivity index (χ2n) is 6.22. The summed E-state index contributed by atoms with van der Waals surface area (Å²) in [4.78, 5) is 0.331. The van der Waals surface area contributed by atoms with Crippen molar-refractivity contribution < 1.29 is 13.2 Å². The highest BCUT2D eigenvalue weighted by molar-refractivity contribution is 7.89. The first-order valence-corrected chi connectivity index (χ1v) is 9.50. The number of aryl methyl sites for hydroxylation is 2. The standard InChI is InChI=1S/C17H23N3O3S/c1-13-12-15(4-5-17(13)23-3)24(21,22)20-10-6-14(7-11-20)16-8-9-19(2)18-16/h4-5,8-9,12,14H,6-7,10-11H2,1-3H3. The molecule has 6 nitrogen and oxygen atoms in total. The summed E-state index contributed by atoms with van der Waals surface area (Å²) in [6.07, 6.45) is 3.52. The zero-order valence-electron chi connectivity index (χ0n) is 14.3. The van der Waals surface area contributed by atoms with E-state index in [0.717, 1.165) is 24.1 Å². The third-order valence-corrected chi connectivity index (χ3v) is 6.51. The second-order valence-corrected chi connectivity index (χ2v) is 8.16. The molecule has 2 heterocycles. The minimum absolute atomic E-state index is 0.329. The average Bonchev–Trinajstić information content (AvgIpc) is 3.01. The zero-order chi connectivity index (χ0) is 17.3. The quantitative estimate of drug-likeness (QED) is 0.850. The Labute approximate surface area is 143 Å². The van der Waals surface area contributed by atoms with Crippen LogP contribution < -0.4 is 4.74 Å². The zero-order valence-corrected chi connectivity index (χ0v) is 15.1. The first-order valence-electron chi connectivity index (χ1n) is 8.06. The van der Waals surface area contributed by atoms with Crippen LogP contribution in [0, 0.1) is 6.92 Å². The molecule has 0 atom stereocenters. The molecule has 1 aliphatic heterocycles. The van der Waals surface area contributed by atoms with Crippen LogP contribution in [0.4, 0.5) is 0 Å². The van der Waals surface area contributed by atoms with Gasteiger partial charge in [0.25, 0.3) is 0 Å². The van der Waals surface area contributed by atoms with Gasteiger partial charge in [-0.05, 0) is 49.6 Å². The van der Waals surface area contributed by atoms with Gasteiger partial charge in [-0.25, -0.2) is 8.42 Å². The highest BCUT2D eigenvalue weighted by atomic mass is 32.2. The molecule has 2 aromatic rings. The number of benzene rings is 1. The number of methoxy groups -OCH3 is 1. The number of ether oxygens (including phenoxy) is 1. The van der Waals surface area contributed by atoms with E-state index in [0.29, 0.717) is 29.7 Å². The molecule has 3 rings (SSSR count). The highest BCUT2D eigenvalue weighted by Crippen LogP contribution is 2.30. The Balaban J connectivity index is 1.74. The van der Waals surface area contributed by atoms with Gasteiger partial charge in [0.1, 0.15) is 5.75 Å². The topological polar surface area (TPSA) is 64.4 Å². The SMILES string of the molecule is COc1ccc(S(=O)(=O)N2CCC(c3ccn(C)n3)CC2)cc1C. The molecular formula is C17H23N3O3S. The van der Waals surface area contributed by atoms with Crippen molar-refractivity contribution in [1.29, 1.82) is 0 Å². The monoisotopic (exact) mass is 349 g/mol. The van der Waals surface area contributed by atoms with Crippen LogP contribution >= 0.6 is 0 Å². The van der Waals surface area contributed by atoms with Crippen molar-refractivity contribution in [3.8, 4) is 5.75 Å². The van der Waals surface area contributed by atoms with Crippen LogP contribution in [0.2, 0.25) is 0 Å². The maximum Gasteiger partial charge on any atom is 0.243 e. The number of sulfonamides is 1. The van der Waals surface area contributed by atoms with Gasteiger partial charge in [-0.1, -0.05) is 0 Å². The van der Waals surface area contributed by atoms with Gasteiger partial charge in [0, 0.05) is 32.3 Å². The molecule has 1 saturated heterocycles. The Morgan fingerprint density at radius 3 is 2.46 bits per heavy atom. The summed E-state index contributed by atoms with van der Waals surface area (Å²) < 4.78 is 34.3. The fourth-order valence-corrected chi connectivity index (χ4v) is 4.76. The maximum atomic E-state index is 12.9. The van der Waals surface area contributed by atoms with Crippen LogP contribution in [0.5, 0.6) is 5.75 Å². The molecule has 0 spiro atoms. The lowest BCUT2D eigenvalue weighted by Gasteiger charge is -2.30. The van der Waals surface area contributed by atoms with Crippen LogP contribution in [-0.4, -0.2) is 42.7 Å². The Bertz CT molecular complexity index is 821. The predicted molar refractivity (Wildman–Crippen MR) is 91.7 cm³/mol. The minimum Gasteiger partial charge on any atom is -0.496 e. The van der Waals surface area contributed by atoms with Crippen LogP contribution in [0.25, 0.3) is 0 Å². The van der Waals surface area contributed by atoms with Gasteiger partial charge in [0.15, 0.2) is 0 Å². The normalized spacial score (nSPS) is 17.1. The Morgan fingerprint density at radius 2 is 1.92 bits per heavy atom. The molecule has 0 N–H and O–H groups in total. The van der Waals surface area contributed by atoms with E-state index in [9.17, 15) is 8.42 Å². The van der Waals surface area contributed by atoms with Crippen molar-refractivity contribution in [3.05, 3.63) is 41.7 Å². The molecule has 0 radical (unpaired) electrons. The molecule has 1 fully saturated rings. The van der Waals surface area contributed by atoms with E-state index >= 15 is 0 Å². The van der Waals surface area contributed by atoms with E-state index in [1.54, 1.807) is 34.3 Å². The summed E-state index contributed by atoms with van der Waals surface area (Å²) in [6, 6.07) is 7.02. The smallest absolute Gasteiger partial charge is 0.243 e. The molecule has 1 aromatic heterocycles. The van der Waals surface area contributed by atoms with E-state index in [2.05, 4.69) is 5.10 Å². The summed E-state index contributed by atoms with van der Waals surface area (Å²) >= 11 is 0. The van der Waals surface area contributed by atoms with Crippen molar-refractivity contribution in [2.45, 2.75) is 30.6 Å². The molecular weight excluding hydrogens is 326 g/mol. The molecule has 0 unspecified atom stereocenters. The first kappa shape index (κ1) is 17.0. The molecule has 0 bridgehead atoms. The molecule has 1 aliphatic rings. The number of nitrogens with zero attached hydrogens (tertiary/aromatic N) is 3. The number of rotatable bonds is 4. The molecule has 0 aliphatic carbocycles. The Hall–Kier alpha value is -1.86. The van der Waals surface area contributed by atoms with E-state index in [1.165, 1.54) is 0 Å². The van der Waals surface area contributed by atoms with E-state index < -0.39 is 10.0 Å².